The first-order valence-corrected chi connectivity index (χ1v) is 9.09. The molecular formula is C20H26N4O2. The molecule has 26 heavy (non-hydrogen) atoms. The van der Waals surface area contributed by atoms with Crippen LogP contribution >= 0.6 is 0 Å². The Morgan fingerprint density at radius 2 is 1.96 bits per heavy atom. The van der Waals surface area contributed by atoms with Crippen molar-refractivity contribution in [2.75, 3.05) is 32.1 Å². The van der Waals surface area contributed by atoms with Gasteiger partial charge in [-0.3, -0.25) is 9.88 Å². The third-order valence-electron chi connectivity index (χ3n) is 4.71. The molecule has 1 aromatic heterocycles. The second-order valence-corrected chi connectivity index (χ2v) is 6.46. The van der Waals surface area contributed by atoms with Gasteiger partial charge in [0.15, 0.2) is 0 Å². The summed E-state index contributed by atoms with van der Waals surface area (Å²) in [4.78, 5) is 18.7. The first kappa shape index (κ1) is 18.2. The minimum atomic E-state index is -0.214. The van der Waals surface area contributed by atoms with Gasteiger partial charge in [0.2, 0.25) is 0 Å². The predicted octanol–water partition coefficient (Wildman–Crippen LogP) is 3.44. The smallest absolute Gasteiger partial charge is 0.319 e. The van der Waals surface area contributed by atoms with Crippen LogP contribution in [0, 0.1) is 0 Å². The highest BCUT2D eigenvalue weighted by atomic mass is 16.5. The van der Waals surface area contributed by atoms with Crippen LogP contribution in [-0.4, -0.2) is 42.7 Å². The number of hydrogen-bond acceptors (Lipinski definition) is 4. The zero-order chi connectivity index (χ0) is 18.2. The summed E-state index contributed by atoms with van der Waals surface area (Å²) in [6.45, 7) is 2.67. The summed E-state index contributed by atoms with van der Waals surface area (Å²) < 4.78 is 5.26. The number of benzene rings is 1. The fraction of sp³-hybridized carbons (Fsp3) is 0.400. The van der Waals surface area contributed by atoms with E-state index in [0.29, 0.717) is 12.2 Å². The fourth-order valence-electron chi connectivity index (χ4n) is 3.32. The average molecular weight is 354 g/mol. The van der Waals surface area contributed by atoms with Crippen LogP contribution in [0.15, 0.2) is 48.8 Å². The SMILES string of the molecule is COc1ccc([C@H](CNC(=O)Nc2cccnc2)N2CCCCC2)cc1. The molecule has 0 saturated carbocycles. The van der Waals surface area contributed by atoms with Crippen LogP contribution in [-0.2, 0) is 0 Å². The molecule has 0 aliphatic carbocycles. The number of nitrogens with one attached hydrogen (secondary N) is 2. The summed E-state index contributed by atoms with van der Waals surface area (Å²) in [7, 11) is 1.67. The molecule has 2 amide bonds. The third-order valence-corrected chi connectivity index (χ3v) is 4.71. The largest absolute Gasteiger partial charge is 0.497 e. The second-order valence-electron chi connectivity index (χ2n) is 6.46. The number of pyridine rings is 1. The van der Waals surface area contributed by atoms with Gasteiger partial charge in [0.25, 0.3) is 0 Å². The Bertz CT molecular complexity index is 685. The number of methoxy groups -OCH3 is 1. The van der Waals surface area contributed by atoms with E-state index in [1.54, 1.807) is 25.6 Å². The van der Waals surface area contributed by atoms with Gasteiger partial charge in [-0.1, -0.05) is 18.6 Å². The van der Waals surface area contributed by atoms with Crippen LogP contribution in [0.4, 0.5) is 10.5 Å². The molecule has 1 aliphatic rings. The molecule has 1 fully saturated rings. The lowest BCUT2D eigenvalue weighted by Crippen LogP contribution is -2.41. The van der Waals surface area contributed by atoms with Gasteiger partial charge in [0.1, 0.15) is 5.75 Å². The van der Waals surface area contributed by atoms with Crippen molar-refractivity contribution in [1.29, 1.82) is 0 Å². The number of rotatable bonds is 6. The maximum absolute atomic E-state index is 12.2. The molecule has 6 heteroatoms. The van der Waals surface area contributed by atoms with E-state index >= 15 is 0 Å². The number of carbonyl (C=O) groups is 1. The highest BCUT2D eigenvalue weighted by Gasteiger charge is 2.23. The molecule has 1 aromatic carbocycles. The molecule has 138 valence electrons. The van der Waals surface area contributed by atoms with Crippen molar-refractivity contribution < 1.29 is 9.53 Å². The lowest BCUT2D eigenvalue weighted by molar-refractivity contribution is 0.161. The molecule has 0 bridgehead atoms. The molecule has 1 atom stereocenters. The summed E-state index contributed by atoms with van der Waals surface area (Å²) in [5, 5.41) is 5.82. The zero-order valence-corrected chi connectivity index (χ0v) is 15.1. The minimum absolute atomic E-state index is 0.154. The van der Waals surface area contributed by atoms with Gasteiger partial charge in [0, 0.05) is 12.7 Å². The Kier molecular flexibility index (Phi) is 6.44. The molecule has 2 heterocycles. The molecule has 1 saturated heterocycles. The van der Waals surface area contributed by atoms with Crippen molar-refractivity contribution in [2.45, 2.75) is 25.3 Å². The van der Waals surface area contributed by atoms with Gasteiger partial charge < -0.3 is 15.4 Å². The number of carbonyl (C=O) groups excluding carboxylic acids is 1. The molecule has 2 N–H and O–H groups in total. The van der Waals surface area contributed by atoms with E-state index in [9.17, 15) is 4.79 Å². The number of ether oxygens (including phenoxy) is 1. The van der Waals surface area contributed by atoms with Gasteiger partial charge in [-0.25, -0.2) is 4.79 Å². The number of anilines is 1. The van der Waals surface area contributed by atoms with E-state index in [1.807, 2.05) is 18.2 Å². The molecule has 2 aromatic rings. The van der Waals surface area contributed by atoms with E-state index in [1.165, 1.54) is 24.8 Å². The van der Waals surface area contributed by atoms with Crippen LogP contribution in [0.5, 0.6) is 5.75 Å². The van der Waals surface area contributed by atoms with Crippen molar-refractivity contribution in [3.8, 4) is 5.75 Å². The predicted molar refractivity (Wildman–Crippen MR) is 102 cm³/mol. The van der Waals surface area contributed by atoms with Crippen LogP contribution in [0.2, 0.25) is 0 Å². The molecule has 0 spiro atoms. The maximum atomic E-state index is 12.2. The quantitative estimate of drug-likeness (QED) is 0.834. The fourth-order valence-corrected chi connectivity index (χ4v) is 3.32. The van der Waals surface area contributed by atoms with Gasteiger partial charge in [0.05, 0.1) is 25.0 Å². The van der Waals surface area contributed by atoms with Crippen LogP contribution in [0.25, 0.3) is 0 Å². The highest BCUT2D eigenvalue weighted by Crippen LogP contribution is 2.25. The summed E-state index contributed by atoms with van der Waals surface area (Å²) in [6, 6.07) is 11.7. The number of piperidine rings is 1. The Hall–Kier alpha value is -2.60. The van der Waals surface area contributed by atoms with Crippen molar-refractivity contribution in [3.05, 3.63) is 54.4 Å². The van der Waals surface area contributed by atoms with E-state index in [2.05, 4.69) is 32.7 Å². The molecule has 0 radical (unpaired) electrons. The van der Waals surface area contributed by atoms with Gasteiger partial charge in [-0.05, 0) is 55.8 Å². The summed E-state index contributed by atoms with van der Waals surface area (Å²) in [5.74, 6) is 0.841. The van der Waals surface area contributed by atoms with Crippen LogP contribution in [0.3, 0.4) is 0 Å². The van der Waals surface area contributed by atoms with E-state index in [4.69, 9.17) is 4.74 Å². The van der Waals surface area contributed by atoms with Crippen molar-refractivity contribution in [1.82, 2.24) is 15.2 Å². The van der Waals surface area contributed by atoms with Gasteiger partial charge >= 0.3 is 6.03 Å². The Balaban J connectivity index is 1.65. The normalized spacial score (nSPS) is 15.9. The average Bonchev–Trinajstić information content (AvgIpc) is 2.70. The lowest BCUT2D eigenvalue weighted by atomic mass is 10.0. The summed E-state index contributed by atoms with van der Waals surface area (Å²) >= 11 is 0. The third kappa shape index (κ3) is 4.95. The monoisotopic (exact) mass is 354 g/mol. The Morgan fingerprint density at radius 1 is 1.19 bits per heavy atom. The second kappa shape index (κ2) is 9.20. The van der Waals surface area contributed by atoms with E-state index < -0.39 is 0 Å². The zero-order valence-electron chi connectivity index (χ0n) is 15.1. The lowest BCUT2D eigenvalue weighted by Gasteiger charge is -2.35. The number of amides is 2. The van der Waals surface area contributed by atoms with Crippen molar-refractivity contribution in [3.63, 3.8) is 0 Å². The minimum Gasteiger partial charge on any atom is -0.497 e. The molecule has 6 nitrogen and oxygen atoms in total. The van der Waals surface area contributed by atoms with E-state index in [0.717, 1.165) is 18.8 Å². The molecule has 0 unspecified atom stereocenters. The topological polar surface area (TPSA) is 66.5 Å². The molecule has 3 rings (SSSR count). The Labute approximate surface area is 154 Å². The summed E-state index contributed by atoms with van der Waals surface area (Å²) in [5.41, 5.74) is 1.87. The van der Waals surface area contributed by atoms with Crippen LogP contribution < -0.4 is 15.4 Å². The van der Waals surface area contributed by atoms with Gasteiger partial charge in [-0.15, -0.1) is 0 Å². The number of urea groups is 1. The number of nitrogens with zero attached hydrogens (tertiary/aromatic N) is 2. The molecule has 1 aliphatic heterocycles. The van der Waals surface area contributed by atoms with Crippen molar-refractivity contribution >= 4 is 11.7 Å². The van der Waals surface area contributed by atoms with E-state index in [-0.39, 0.29) is 12.1 Å². The number of aromatic nitrogens is 1. The Morgan fingerprint density at radius 3 is 2.62 bits per heavy atom. The first-order valence-electron chi connectivity index (χ1n) is 9.09. The molecular weight excluding hydrogens is 328 g/mol. The maximum Gasteiger partial charge on any atom is 0.319 e. The summed E-state index contributed by atoms with van der Waals surface area (Å²) in [6.07, 6.45) is 6.99. The number of likely N-dealkylation sites (tertiary alicyclic amines) is 1. The first-order chi connectivity index (χ1) is 12.8. The highest BCUT2D eigenvalue weighted by molar-refractivity contribution is 5.88. The number of hydrogen-bond donors (Lipinski definition) is 2. The van der Waals surface area contributed by atoms with Crippen molar-refractivity contribution in [2.24, 2.45) is 0 Å². The van der Waals surface area contributed by atoms with Crippen LogP contribution in [0.1, 0.15) is 30.9 Å². The standard InChI is InChI=1S/C20H26N4O2/c1-26-18-9-7-16(8-10-18)19(24-12-3-2-4-13-24)15-22-20(25)23-17-6-5-11-21-14-17/h5-11,14,19H,2-4,12-13,15H2,1H3,(H2,22,23,25)/t19-/m0/s1. The van der Waals surface area contributed by atoms with Gasteiger partial charge in [-0.2, -0.15) is 0 Å².